The van der Waals surface area contributed by atoms with E-state index < -0.39 is 16.1 Å². The van der Waals surface area contributed by atoms with E-state index in [0.29, 0.717) is 0 Å². The Morgan fingerprint density at radius 1 is 1.62 bits per heavy atom. The quantitative estimate of drug-likeness (QED) is 0.868. The molecule has 0 fully saturated rings. The normalized spacial score (nSPS) is 14.2. The van der Waals surface area contributed by atoms with Crippen LogP contribution in [0.5, 0.6) is 5.75 Å². The van der Waals surface area contributed by atoms with Gasteiger partial charge in [-0.2, -0.15) is 0 Å². The number of hydrogen-bond acceptors (Lipinski definition) is 2. The minimum Gasteiger partial charge on any atom is -0.494 e. The van der Waals surface area contributed by atoms with Gasteiger partial charge in [0.25, 0.3) is 0 Å². The Morgan fingerprint density at radius 2 is 2.25 bits per heavy atom. The summed E-state index contributed by atoms with van der Waals surface area (Å²) < 4.78 is 17.3. The second-order valence-corrected chi connectivity index (χ2v) is 4.64. The van der Waals surface area contributed by atoms with Gasteiger partial charge in [-0.1, -0.05) is 35.0 Å². The van der Waals surface area contributed by atoms with E-state index in [1.54, 1.807) is 13.0 Å². The number of rotatable bonds is 4. The van der Waals surface area contributed by atoms with Crippen molar-refractivity contribution in [1.82, 2.24) is 0 Å². The van der Waals surface area contributed by atoms with Gasteiger partial charge in [-0.05, 0) is 12.5 Å². The summed E-state index contributed by atoms with van der Waals surface area (Å²) in [5.41, 5.74) is 0.0712. The fourth-order valence-corrected chi connectivity index (χ4v) is 1.74. The lowest BCUT2D eigenvalue weighted by atomic mass is 9.95. The number of carboxylic acids is 1. The lowest BCUT2D eigenvalue weighted by Crippen LogP contribution is -2.29. The van der Waals surface area contributed by atoms with Gasteiger partial charge in [-0.15, -0.1) is 0 Å². The second kappa shape index (κ2) is 4.82. The van der Waals surface area contributed by atoms with Gasteiger partial charge in [0.15, 0.2) is 15.9 Å². The van der Waals surface area contributed by atoms with Crippen LogP contribution in [0.1, 0.15) is 18.9 Å². The Balaban J connectivity index is 3.37. The molecule has 0 aliphatic rings. The lowest BCUT2D eigenvalue weighted by molar-refractivity contribution is -0.140. The van der Waals surface area contributed by atoms with Crippen molar-refractivity contribution in [3.8, 4) is 5.75 Å². The van der Waals surface area contributed by atoms with Crippen molar-refractivity contribution in [2.24, 2.45) is 0 Å². The molecule has 0 saturated carbocycles. The largest absolute Gasteiger partial charge is 0.494 e. The Labute approximate surface area is 101 Å². The van der Waals surface area contributed by atoms with E-state index in [4.69, 9.17) is 9.84 Å². The molecular formula is C11H12BrFO3. The summed E-state index contributed by atoms with van der Waals surface area (Å²) in [6, 6.07) is 4.44. The number of carbonyl (C=O) groups is 1. The van der Waals surface area contributed by atoms with Crippen molar-refractivity contribution in [2.45, 2.75) is 17.7 Å². The SMILES string of the molecule is CCC(Br)(C(=O)O)c1cccc(OC)c1F. The van der Waals surface area contributed by atoms with Crippen LogP contribution in [-0.4, -0.2) is 18.2 Å². The first-order valence-corrected chi connectivity index (χ1v) is 5.52. The molecule has 1 rings (SSSR count). The molecule has 0 aliphatic carbocycles. The first kappa shape index (κ1) is 13.0. The molecule has 0 amide bonds. The van der Waals surface area contributed by atoms with Gasteiger partial charge in [0.05, 0.1) is 7.11 Å². The number of benzene rings is 1. The molecule has 1 unspecified atom stereocenters. The molecule has 0 saturated heterocycles. The number of hydrogen-bond donors (Lipinski definition) is 1. The summed E-state index contributed by atoms with van der Waals surface area (Å²) in [6.07, 6.45) is 0.229. The smallest absolute Gasteiger partial charge is 0.325 e. The van der Waals surface area contributed by atoms with E-state index in [0.717, 1.165) is 0 Å². The maximum absolute atomic E-state index is 13.9. The first-order chi connectivity index (χ1) is 7.47. The van der Waals surface area contributed by atoms with Crippen LogP contribution < -0.4 is 4.74 Å². The minimum atomic E-state index is -1.41. The Kier molecular flexibility index (Phi) is 3.91. The van der Waals surface area contributed by atoms with Crippen molar-refractivity contribution < 1.29 is 19.0 Å². The van der Waals surface area contributed by atoms with Crippen molar-refractivity contribution in [3.63, 3.8) is 0 Å². The molecule has 3 nitrogen and oxygen atoms in total. The molecule has 1 aromatic carbocycles. The van der Waals surface area contributed by atoms with Crippen LogP contribution in [0.3, 0.4) is 0 Å². The third-order valence-electron chi connectivity index (χ3n) is 2.44. The molecular weight excluding hydrogens is 279 g/mol. The van der Waals surface area contributed by atoms with Gasteiger partial charge >= 0.3 is 5.97 Å². The Morgan fingerprint density at radius 3 is 2.69 bits per heavy atom. The molecule has 16 heavy (non-hydrogen) atoms. The highest BCUT2D eigenvalue weighted by atomic mass is 79.9. The summed E-state index contributed by atoms with van der Waals surface area (Å²) in [7, 11) is 1.34. The molecule has 0 aromatic heterocycles. The topological polar surface area (TPSA) is 46.5 Å². The molecule has 0 spiro atoms. The Bertz CT molecular complexity index is 408. The number of alkyl halides is 1. The van der Waals surface area contributed by atoms with Gasteiger partial charge in [0.2, 0.25) is 0 Å². The van der Waals surface area contributed by atoms with Crippen molar-refractivity contribution in [2.75, 3.05) is 7.11 Å². The minimum absolute atomic E-state index is 0.0380. The molecule has 0 aliphatic heterocycles. The zero-order valence-corrected chi connectivity index (χ0v) is 10.5. The van der Waals surface area contributed by atoms with Crippen molar-refractivity contribution >= 4 is 21.9 Å². The van der Waals surface area contributed by atoms with E-state index in [2.05, 4.69) is 15.9 Å². The van der Waals surface area contributed by atoms with E-state index in [-0.39, 0.29) is 17.7 Å². The van der Waals surface area contributed by atoms with Gasteiger partial charge in [-0.25, -0.2) is 4.39 Å². The summed E-state index contributed by atoms with van der Waals surface area (Å²) in [5, 5.41) is 9.12. The maximum atomic E-state index is 13.9. The highest BCUT2D eigenvalue weighted by Gasteiger charge is 2.38. The average Bonchev–Trinajstić information content (AvgIpc) is 2.28. The molecule has 5 heteroatoms. The molecule has 0 radical (unpaired) electrons. The number of methoxy groups -OCH3 is 1. The second-order valence-electron chi connectivity index (χ2n) is 3.28. The maximum Gasteiger partial charge on any atom is 0.325 e. The summed E-state index contributed by atoms with van der Waals surface area (Å²) in [5.74, 6) is -1.73. The van der Waals surface area contributed by atoms with E-state index in [1.807, 2.05) is 0 Å². The average molecular weight is 291 g/mol. The zero-order chi connectivity index (χ0) is 12.3. The molecule has 1 aromatic rings. The van der Waals surface area contributed by atoms with Gasteiger partial charge < -0.3 is 9.84 Å². The van der Waals surface area contributed by atoms with E-state index in [1.165, 1.54) is 19.2 Å². The Hall–Kier alpha value is -1.10. The van der Waals surface area contributed by atoms with Crippen molar-refractivity contribution in [3.05, 3.63) is 29.6 Å². The third-order valence-corrected chi connectivity index (χ3v) is 3.76. The monoisotopic (exact) mass is 290 g/mol. The molecule has 88 valence electrons. The number of aliphatic carboxylic acids is 1. The van der Waals surface area contributed by atoms with Crippen LogP contribution in [0.2, 0.25) is 0 Å². The van der Waals surface area contributed by atoms with Crippen LogP contribution in [0.4, 0.5) is 4.39 Å². The van der Waals surface area contributed by atoms with Gasteiger partial charge in [0, 0.05) is 5.56 Å². The van der Waals surface area contributed by atoms with E-state index in [9.17, 15) is 9.18 Å². The molecule has 0 heterocycles. The molecule has 0 bridgehead atoms. The fourth-order valence-electron chi connectivity index (χ4n) is 1.43. The number of ether oxygens (including phenoxy) is 1. The van der Waals surface area contributed by atoms with Crippen LogP contribution >= 0.6 is 15.9 Å². The van der Waals surface area contributed by atoms with Crippen LogP contribution in [0.25, 0.3) is 0 Å². The standard InChI is InChI=1S/C11H12BrFO3/c1-3-11(12,10(14)15)7-5-4-6-8(16-2)9(7)13/h4-6H,3H2,1-2H3,(H,14,15). The highest BCUT2D eigenvalue weighted by molar-refractivity contribution is 9.10. The predicted octanol–water partition coefficient (Wildman–Crippen LogP) is 2.92. The van der Waals surface area contributed by atoms with E-state index >= 15 is 0 Å². The predicted molar refractivity (Wildman–Crippen MR) is 61.5 cm³/mol. The zero-order valence-electron chi connectivity index (χ0n) is 8.96. The summed E-state index contributed by atoms with van der Waals surface area (Å²) >= 11 is 3.08. The number of halogens is 2. The van der Waals surface area contributed by atoms with Gasteiger partial charge in [-0.3, -0.25) is 4.79 Å². The lowest BCUT2D eigenvalue weighted by Gasteiger charge is -2.22. The third kappa shape index (κ3) is 2.04. The first-order valence-electron chi connectivity index (χ1n) is 4.72. The van der Waals surface area contributed by atoms with Crippen LogP contribution in [0.15, 0.2) is 18.2 Å². The summed E-state index contributed by atoms with van der Waals surface area (Å²) in [4.78, 5) is 11.2. The molecule has 1 atom stereocenters. The molecule has 1 N–H and O–H groups in total. The van der Waals surface area contributed by atoms with Crippen LogP contribution in [0, 0.1) is 5.82 Å². The fraction of sp³-hybridized carbons (Fsp3) is 0.364. The number of carboxylic acid groups (broad SMARTS) is 1. The summed E-state index contributed by atoms with van der Waals surface area (Å²) in [6.45, 7) is 1.67. The van der Waals surface area contributed by atoms with Crippen molar-refractivity contribution in [1.29, 1.82) is 0 Å². The highest BCUT2D eigenvalue weighted by Crippen LogP contribution is 2.38. The van der Waals surface area contributed by atoms with Gasteiger partial charge in [0.1, 0.15) is 0 Å². The van der Waals surface area contributed by atoms with Crippen LogP contribution in [-0.2, 0) is 9.12 Å².